The van der Waals surface area contributed by atoms with Gasteiger partial charge in [0.2, 0.25) is 0 Å². The first kappa shape index (κ1) is 42.1. The molecule has 0 saturated heterocycles. The molecule has 0 unspecified atom stereocenters. The summed E-state index contributed by atoms with van der Waals surface area (Å²) in [5, 5.41) is 0. The van der Waals surface area contributed by atoms with Gasteiger partial charge < -0.3 is 0 Å². The summed E-state index contributed by atoms with van der Waals surface area (Å²) in [5.41, 5.74) is 24.1. The molecule has 0 fully saturated rings. The van der Waals surface area contributed by atoms with Gasteiger partial charge in [0, 0.05) is 16.7 Å². The zero-order chi connectivity index (χ0) is 48.8. The van der Waals surface area contributed by atoms with Crippen LogP contribution in [0.1, 0.15) is 44.5 Å². The molecule has 0 saturated carbocycles. The maximum Gasteiger partial charge on any atom is 0.164 e. The van der Waals surface area contributed by atoms with Gasteiger partial charge in [-0.05, 0) is 112 Å². The fraction of sp³-hybridized carbons (Fsp3) is 0.0282. The van der Waals surface area contributed by atoms with Crippen LogP contribution in [0.4, 0.5) is 0 Å². The smallest absolute Gasteiger partial charge is 0.164 e. The first-order valence-electron chi connectivity index (χ1n) is 25.5. The minimum absolute atomic E-state index is 0.548. The standard InChI is InChI=1S/C71H45N3/c1-3-18-46(19-4-1)48-34-38-50(39-35-48)67-72-68(51-40-36-49(37-41-51)47-20-5-2-6-21-47)74-69(73-67)54-23-17-22-52(44-54)53-42-43-65-66(45-53)71(61-30-13-9-26-57(61)58-27-10-14-31-62(58)71)64-33-16-15-32-63(64)70(65)59-28-11-7-24-55(59)56-25-8-12-29-60(56)70/h1-45H. The number of hydrogen-bond donors (Lipinski definition) is 0. The molecule has 0 N–H and O–H groups in total. The lowest BCUT2D eigenvalue weighted by Crippen LogP contribution is -2.43. The molecule has 0 atom stereocenters. The lowest BCUT2D eigenvalue weighted by atomic mass is 9.52. The second kappa shape index (κ2) is 16.5. The Morgan fingerprint density at radius 2 is 0.459 bits per heavy atom. The lowest BCUT2D eigenvalue weighted by molar-refractivity contribution is 0.633. The van der Waals surface area contributed by atoms with Crippen molar-refractivity contribution < 1.29 is 0 Å². The summed E-state index contributed by atoms with van der Waals surface area (Å²) in [6.07, 6.45) is 0. The third-order valence-corrected chi connectivity index (χ3v) is 16.1. The van der Waals surface area contributed by atoms with Gasteiger partial charge in [-0.15, -0.1) is 0 Å². The summed E-state index contributed by atoms with van der Waals surface area (Å²) >= 11 is 0. The Bertz CT molecular complexity index is 3980. The van der Waals surface area contributed by atoms with Gasteiger partial charge in [0.15, 0.2) is 17.5 Å². The Morgan fingerprint density at radius 1 is 0.176 bits per heavy atom. The summed E-state index contributed by atoms with van der Waals surface area (Å²) in [7, 11) is 0. The third-order valence-electron chi connectivity index (χ3n) is 16.1. The zero-order valence-corrected chi connectivity index (χ0v) is 40.3. The van der Waals surface area contributed by atoms with E-state index >= 15 is 0 Å². The van der Waals surface area contributed by atoms with Crippen molar-refractivity contribution in [3.63, 3.8) is 0 Å². The molecule has 2 spiro atoms. The van der Waals surface area contributed by atoms with E-state index in [0.717, 1.165) is 50.1 Å². The third kappa shape index (κ3) is 6.11. The predicted octanol–water partition coefficient (Wildman–Crippen LogP) is 16.9. The van der Waals surface area contributed by atoms with Gasteiger partial charge in [0.1, 0.15) is 0 Å². The number of hydrogen-bond acceptors (Lipinski definition) is 3. The van der Waals surface area contributed by atoms with Crippen molar-refractivity contribution in [1.29, 1.82) is 0 Å². The zero-order valence-electron chi connectivity index (χ0n) is 40.3. The Morgan fingerprint density at radius 3 is 0.905 bits per heavy atom. The van der Waals surface area contributed by atoms with E-state index in [-0.39, 0.29) is 0 Å². The molecular weight excluding hydrogens is 895 g/mol. The minimum atomic E-state index is -0.589. The highest BCUT2D eigenvalue weighted by molar-refractivity contribution is 5.94. The van der Waals surface area contributed by atoms with E-state index in [0.29, 0.717) is 17.5 Å². The van der Waals surface area contributed by atoms with E-state index in [1.807, 2.05) is 12.1 Å². The molecule has 344 valence electrons. The van der Waals surface area contributed by atoms with Crippen molar-refractivity contribution in [2.45, 2.75) is 10.8 Å². The number of aromatic nitrogens is 3. The molecule has 0 radical (unpaired) electrons. The van der Waals surface area contributed by atoms with Gasteiger partial charge in [-0.1, -0.05) is 261 Å². The van der Waals surface area contributed by atoms with E-state index < -0.39 is 10.8 Å². The fourth-order valence-corrected chi connectivity index (χ4v) is 12.9. The monoisotopic (exact) mass is 939 g/mol. The van der Waals surface area contributed by atoms with Crippen LogP contribution in [0.2, 0.25) is 0 Å². The average Bonchev–Trinajstić information content (AvgIpc) is 3.95. The van der Waals surface area contributed by atoms with E-state index in [9.17, 15) is 0 Å². The van der Waals surface area contributed by atoms with E-state index in [4.69, 9.17) is 15.0 Å². The molecule has 3 aliphatic carbocycles. The molecule has 3 heteroatoms. The quantitative estimate of drug-likeness (QED) is 0.167. The van der Waals surface area contributed by atoms with Crippen molar-refractivity contribution in [2.75, 3.05) is 0 Å². The second-order valence-electron chi connectivity index (χ2n) is 19.8. The van der Waals surface area contributed by atoms with Crippen LogP contribution in [0.3, 0.4) is 0 Å². The van der Waals surface area contributed by atoms with Crippen LogP contribution < -0.4 is 0 Å². The molecule has 0 aliphatic heterocycles. The van der Waals surface area contributed by atoms with Crippen molar-refractivity contribution in [1.82, 2.24) is 15.0 Å². The molecule has 3 aliphatic rings. The SMILES string of the molecule is c1ccc(-c2ccc(-c3nc(-c4ccc(-c5ccccc5)cc4)nc(-c4cccc(-c5ccc6c(c5)C5(c7ccccc7-c7ccccc75)c5ccccc5C65c6ccccc6-c6ccccc65)c4)n3)cc2)cc1. The van der Waals surface area contributed by atoms with Crippen molar-refractivity contribution in [2.24, 2.45) is 0 Å². The molecule has 12 aromatic rings. The van der Waals surface area contributed by atoms with Crippen molar-refractivity contribution in [3.05, 3.63) is 317 Å². The second-order valence-corrected chi connectivity index (χ2v) is 19.8. The summed E-state index contributed by atoms with van der Waals surface area (Å²) < 4.78 is 0. The summed E-state index contributed by atoms with van der Waals surface area (Å²) in [6, 6.07) is 99.8. The molecule has 11 aromatic carbocycles. The normalized spacial score (nSPS) is 13.6. The topological polar surface area (TPSA) is 38.7 Å². The molecule has 15 rings (SSSR count). The van der Waals surface area contributed by atoms with Gasteiger partial charge in [0.25, 0.3) is 0 Å². The Balaban J connectivity index is 0.932. The van der Waals surface area contributed by atoms with Gasteiger partial charge >= 0.3 is 0 Å². The largest absolute Gasteiger partial charge is 0.208 e. The molecule has 1 heterocycles. The molecule has 1 aromatic heterocycles. The highest BCUT2D eigenvalue weighted by Gasteiger charge is 2.59. The van der Waals surface area contributed by atoms with Crippen molar-refractivity contribution in [3.8, 4) is 89.8 Å². The number of fused-ring (bicyclic) bond motifs is 16. The Kier molecular flexibility index (Phi) is 9.39. The van der Waals surface area contributed by atoms with Crippen LogP contribution in [-0.4, -0.2) is 15.0 Å². The summed E-state index contributed by atoms with van der Waals surface area (Å²) in [4.78, 5) is 15.7. The first-order valence-corrected chi connectivity index (χ1v) is 25.5. The Hall–Kier alpha value is -9.57. The molecule has 0 amide bonds. The predicted molar refractivity (Wildman–Crippen MR) is 301 cm³/mol. The lowest BCUT2D eigenvalue weighted by Gasteiger charge is -2.49. The Labute approximate surface area is 430 Å². The molecule has 74 heavy (non-hydrogen) atoms. The van der Waals surface area contributed by atoms with E-state index in [2.05, 4.69) is 261 Å². The van der Waals surface area contributed by atoms with Crippen LogP contribution in [0.25, 0.3) is 89.8 Å². The maximum absolute atomic E-state index is 5.27. The minimum Gasteiger partial charge on any atom is -0.208 e. The fourth-order valence-electron chi connectivity index (χ4n) is 12.9. The van der Waals surface area contributed by atoms with Crippen LogP contribution in [0.15, 0.2) is 273 Å². The van der Waals surface area contributed by atoms with Crippen LogP contribution in [0, 0.1) is 0 Å². The first-order chi connectivity index (χ1) is 36.7. The number of benzene rings is 11. The maximum atomic E-state index is 5.27. The van der Waals surface area contributed by atoms with Crippen molar-refractivity contribution >= 4 is 0 Å². The summed E-state index contributed by atoms with van der Waals surface area (Å²) in [5.74, 6) is 1.86. The van der Waals surface area contributed by atoms with Crippen LogP contribution >= 0.6 is 0 Å². The van der Waals surface area contributed by atoms with Crippen LogP contribution in [-0.2, 0) is 10.8 Å². The van der Waals surface area contributed by atoms with E-state index in [1.165, 1.54) is 66.8 Å². The van der Waals surface area contributed by atoms with Gasteiger partial charge in [-0.3, -0.25) is 0 Å². The van der Waals surface area contributed by atoms with Gasteiger partial charge in [-0.25, -0.2) is 15.0 Å². The number of nitrogens with zero attached hydrogens (tertiary/aromatic N) is 3. The number of rotatable bonds is 6. The highest BCUT2D eigenvalue weighted by atomic mass is 15.0. The highest BCUT2D eigenvalue weighted by Crippen LogP contribution is 2.67. The van der Waals surface area contributed by atoms with Crippen LogP contribution in [0.5, 0.6) is 0 Å². The molecular formula is C71H45N3. The molecule has 0 bridgehead atoms. The van der Waals surface area contributed by atoms with Gasteiger partial charge in [0.05, 0.1) is 10.8 Å². The molecule has 3 nitrogen and oxygen atoms in total. The summed E-state index contributed by atoms with van der Waals surface area (Å²) in [6.45, 7) is 0. The van der Waals surface area contributed by atoms with E-state index in [1.54, 1.807) is 0 Å². The average molecular weight is 940 g/mol. The van der Waals surface area contributed by atoms with Gasteiger partial charge in [-0.2, -0.15) is 0 Å².